The van der Waals surface area contributed by atoms with E-state index < -0.39 is 5.97 Å². The molecule has 2 aromatic rings. The Kier molecular flexibility index (Phi) is 4.40. The van der Waals surface area contributed by atoms with Crippen LogP contribution in [0.3, 0.4) is 0 Å². The summed E-state index contributed by atoms with van der Waals surface area (Å²) < 4.78 is 13.0. The molecular weight excluding hydrogens is 270 g/mol. The van der Waals surface area contributed by atoms with Gasteiger partial charge >= 0.3 is 0 Å². The molecule has 0 unspecified atom stereocenters. The van der Waals surface area contributed by atoms with Crippen LogP contribution >= 0.6 is 0 Å². The molecule has 0 spiro atoms. The van der Waals surface area contributed by atoms with Crippen LogP contribution in [0.5, 0.6) is 11.5 Å². The van der Waals surface area contributed by atoms with Crippen LogP contribution in [0.1, 0.15) is 24.1 Å². The van der Waals surface area contributed by atoms with Crippen LogP contribution in [0.15, 0.2) is 12.1 Å². The second-order valence-corrected chi connectivity index (χ2v) is 5.08. The number of carboxylic acids is 1. The Labute approximate surface area is 124 Å². The molecule has 0 radical (unpaired) electrons. The second kappa shape index (κ2) is 6.08. The van der Waals surface area contributed by atoms with Crippen molar-refractivity contribution in [1.29, 1.82) is 0 Å². The van der Waals surface area contributed by atoms with Crippen molar-refractivity contribution in [3.8, 4) is 11.5 Å². The van der Waals surface area contributed by atoms with E-state index in [9.17, 15) is 9.90 Å². The third kappa shape index (κ3) is 2.82. The lowest BCUT2D eigenvalue weighted by Crippen LogP contribution is -2.22. The zero-order chi connectivity index (χ0) is 15.6. The van der Waals surface area contributed by atoms with E-state index in [2.05, 4.69) is 10.6 Å². The molecule has 1 aromatic carbocycles. The molecule has 0 fully saturated rings. The molecule has 0 aliphatic heterocycles. The van der Waals surface area contributed by atoms with Gasteiger partial charge in [-0.05, 0) is 32.8 Å². The third-order valence-corrected chi connectivity index (χ3v) is 3.76. The maximum Gasteiger partial charge on any atom is 0.134 e. The van der Waals surface area contributed by atoms with Crippen molar-refractivity contribution in [2.45, 2.75) is 33.2 Å². The number of nitrogens with zero attached hydrogens (tertiary/aromatic N) is 1. The van der Waals surface area contributed by atoms with Gasteiger partial charge in [-0.15, -0.1) is 0 Å². The van der Waals surface area contributed by atoms with Crippen LogP contribution in [0.2, 0.25) is 0 Å². The molecule has 5 nitrogen and oxygen atoms in total. The van der Waals surface area contributed by atoms with Crippen molar-refractivity contribution in [3.05, 3.63) is 23.4 Å². The molecule has 0 saturated heterocycles. The first-order valence-electron chi connectivity index (χ1n) is 6.90. The van der Waals surface area contributed by atoms with Gasteiger partial charge in [0.25, 0.3) is 0 Å². The summed E-state index contributed by atoms with van der Waals surface area (Å²) in [5, 5.41) is 11.6. The summed E-state index contributed by atoms with van der Waals surface area (Å²) in [5.41, 5.74) is 3.01. The molecule has 0 aliphatic rings. The normalized spacial score (nSPS) is 10.9. The van der Waals surface area contributed by atoms with Crippen molar-refractivity contribution in [3.63, 3.8) is 0 Å². The lowest BCUT2D eigenvalue weighted by molar-refractivity contribution is -0.305. The summed E-state index contributed by atoms with van der Waals surface area (Å²) in [6.45, 7) is 4.58. The number of carbonyl (C=O) groups excluding carboxylic acids is 1. The standard InChI is InChI=1S/C16H21NO4/c1-10-8-12-13(17(10)7-5-6-15(18)19)9-14(20-3)11(2)16(12)21-4/h8-9H,5-7H2,1-4H3,(H,18,19)/p-1. The first-order valence-corrected chi connectivity index (χ1v) is 6.90. The van der Waals surface area contributed by atoms with E-state index in [1.165, 1.54) is 0 Å². The molecule has 0 atom stereocenters. The number of carbonyl (C=O) groups is 1. The van der Waals surface area contributed by atoms with E-state index in [1.54, 1.807) is 14.2 Å². The molecule has 114 valence electrons. The lowest BCUT2D eigenvalue weighted by atomic mass is 10.1. The number of methoxy groups -OCH3 is 2. The van der Waals surface area contributed by atoms with E-state index in [1.807, 2.05) is 19.9 Å². The number of rotatable bonds is 6. The molecular formula is C16H20NO4-. The molecule has 21 heavy (non-hydrogen) atoms. The fourth-order valence-corrected chi connectivity index (χ4v) is 2.73. The van der Waals surface area contributed by atoms with Crippen LogP contribution < -0.4 is 14.6 Å². The largest absolute Gasteiger partial charge is 0.550 e. The lowest BCUT2D eigenvalue weighted by Gasteiger charge is -2.13. The van der Waals surface area contributed by atoms with E-state index in [-0.39, 0.29) is 6.42 Å². The second-order valence-electron chi connectivity index (χ2n) is 5.08. The maximum absolute atomic E-state index is 10.6. The minimum atomic E-state index is -1.02. The fourth-order valence-electron chi connectivity index (χ4n) is 2.73. The van der Waals surface area contributed by atoms with Gasteiger partial charge in [-0.3, -0.25) is 0 Å². The zero-order valence-electron chi connectivity index (χ0n) is 12.9. The van der Waals surface area contributed by atoms with Crippen molar-refractivity contribution in [2.24, 2.45) is 0 Å². The first kappa shape index (κ1) is 15.2. The van der Waals surface area contributed by atoms with E-state index in [0.29, 0.717) is 13.0 Å². The highest BCUT2D eigenvalue weighted by atomic mass is 16.5. The highest BCUT2D eigenvalue weighted by molar-refractivity contribution is 5.90. The minimum absolute atomic E-state index is 0.0548. The molecule has 0 saturated carbocycles. The summed E-state index contributed by atoms with van der Waals surface area (Å²) in [6, 6.07) is 4.03. The molecule has 0 aliphatic carbocycles. The van der Waals surface area contributed by atoms with Gasteiger partial charge in [-0.25, -0.2) is 0 Å². The summed E-state index contributed by atoms with van der Waals surface area (Å²) in [4.78, 5) is 10.6. The van der Waals surface area contributed by atoms with Gasteiger partial charge < -0.3 is 23.9 Å². The van der Waals surface area contributed by atoms with Crippen LogP contribution in [-0.2, 0) is 11.3 Å². The van der Waals surface area contributed by atoms with Crippen molar-refractivity contribution in [2.75, 3.05) is 14.2 Å². The Balaban J connectivity index is 2.51. The quantitative estimate of drug-likeness (QED) is 0.814. The van der Waals surface area contributed by atoms with Crippen molar-refractivity contribution >= 4 is 16.9 Å². The third-order valence-electron chi connectivity index (χ3n) is 3.76. The molecule has 1 aromatic heterocycles. The Morgan fingerprint density at radius 1 is 1.24 bits per heavy atom. The Morgan fingerprint density at radius 2 is 1.95 bits per heavy atom. The number of hydrogen-bond donors (Lipinski definition) is 0. The van der Waals surface area contributed by atoms with Gasteiger partial charge in [0.2, 0.25) is 0 Å². The molecule has 0 amide bonds. The molecule has 2 rings (SSSR count). The van der Waals surface area contributed by atoms with Gasteiger partial charge in [0.15, 0.2) is 0 Å². The predicted molar refractivity (Wildman–Crippen MR) is 78.8 cm³/mol. The van der Waals surface area contributed by atoms with E-state index in [0.717, 1.165) is 33.7 Å². The number of ether oxygens (including phenoxy) is 2. The smallest absolute Gasteiger partial charge is 0.134 e. The highest BCUT2D eigenvalue weighted by Gasteiger charge is 2.16. The molecule has 0 bridgehead atoms. The SMILES string of the molecule is COc1cc2c(cc(C)n2CCCC(=O)[O-])c(OC)c1C. The topological polar surface area (TPSA) is 63.5 Å². The average Bonchev–Trinajstić information content (AvgIpc) is 2.74. The average molecular weight is 290 g/mol. The van der Waals surface area contributed by atoms with Gasteiger partial charge in [0.1, 0.15) is 11.5 Å². The number of aryl methyl sites for hydroxylation is 2. The van der Waals surface area contributed by atoms with Gasteiger partial charge in [0, 0.05) is 35.2 Å². The highest BCUT2D eigenvalue weighted by Crippen LogP contribution is 2.38. The summed E-state index contributed by atoms with van der Waals surface area (Å²) >= 11 is 0. The number of aromatic nitrogens is 1. The number of aliphatic carboxylic acids is 1. The predicted octanol–water partition coefficient (Wildman–Crippen LogP) is 1.81. The summed E-state index contributed by atoms with van der Waals surface area (Å²) in [7, 11) is 3.27. The number of fused-ring (bicyclic) bond motifs is 1. The van der Waals surface area contributed by atoms with Crippen LogP contribution in [0.4, 0.5) is 0 Å². The maximum atomic E-state index is 10.6. The summed E-state index contributed by atoms with van der Waals surface area (Å²) in [6.07, 6.45) is 0.588. The molecule has 0 N–H and O–H groups in total. The fraction of sp³-hybridized carbons (Fsp3) is 0.438. The van der Waals surface area contributed by atoms with Crippen LogP contribution in [0.25, 0.3) is 10.9 Å². The van der Waals surface area contributed by atoms with Crippen molar-refractivity contribution in [1.82, 2.24) is 4.57 Å². The van der Waals surface area contributed by atoms with Gasteiger partial charge in [-0.1, -0.05) is 0 Å². The monoisotopic (exact) mass is 290 g/mol. The van der Waals surface area contributed by atoms with Crippen molar-refractivity contribution < 1.29 is 19.4 Å². The Bertz CT molecular complexity index is 673. The summed E-state index contributed by atoms with van der Waals surface area (Å²) in [5.74, 6) is 0.542. The Morgan fingerprint density at radius 3 is 2.52 bits per heavy atom. The van der Waals surface area contributed by atoms with E-state index >= 15 is 0 Å². The zero-order valence-corrected chi connectivity index (χ0v) is 12.9. The molecule has 5 heteroatoms. The van der Waals surface area contributed by atoms with Gasteiger partial charge in [-0.2, -0.15) is 0 Å². The van der Waals surface area contributed by atoms with Gasteiger partial charge in [0.05, 0.1) is 19.7 Å². The molecule has 1 heterocycles. The van der Waals surface area contributed by atoms with Crippen LogP contribution in [0, 0.1) is 13.8 Å². The number of hydrogen-bond acceptors (Lipinski definition) is 4. The number of benzene rings is 1. The Hall–Kier alpha value is -2.17. The number of carboxylic acid groups (broad SMARTS) is 1. The first-order chi connectivity index (χ1) is 9.99. The van der Waals surface area contributed by atoms with E-state index in [4.69, 9.17) is 9.47 Å². The van der Waals surface area contributed by atoms with Crippen LogP contribution in [-0.4, -0.2) is 24.8 Å². The minimum Gasteiger partial charge on any atom is -0.550 e.